The number of nitrogens with one attached hydrogen (secondary N) is 2. The second kappa shape index (κ2) is 12.2. The first-order valence-electron chi connectivity index (χ1n) is 12.8. The molecule has 1 aromatic heterocycles. The summed E-state index contributed by atoms with van der Waals surface area (Å²) in [5, 5.41) is 31.2. The quantitative estimate of drug-likeness (QED) is 0.290. The molecule has 2 atom stereocenters. The van der Waals surface area contributed by atoms with E-state index in [2.05, 4.69) is 20.8 Å². The van der Waals surface area contributed by atoms with Crippen molar-refractivity contribution in [3.8, 4) is 0 Å². The number of nitrogens with zero attached hydrogens (tertiary/aromatic N) is 2. The fraction of sp³-hybridized carbons (Fsp3) is 0.357. The summed E-state index contributed by atoms with van der Waals surface area (Å²) in [4.78, 5) is 36.4. The van der Waals surface area contributed by atoms with Gasteiger partial charge >= 0.3 is 7.12 Å². The van der Waals surface area contributed by atoms with Crippen LogP contribution in [0.3, 0.4) is 0 Å². The van der Waals surface area contributed by atoms with Crippen LogP contribution >= 0.6 is 0 Å². The van der Waals surface area contributed by atoms with Crippen molar-refractivity contribution >= 4 is 35.4 Å². The number of hydrogen-bond acceptors (Lipinski definition) is 7. The highest BCUT2D eigenvalue weighted by atomic mass is 16.7. The van der Waals surface area contributed by atoms with Crippen LogP contribution in [0.15, 0.2) is 72.0 Å². The van der Waals surface area contributed by atoms with E-state index in [0.29, 0.717) is 30.8 Å². The van der Waals surface area contributed by atoms with E-state index in [0.717, 1.165) is 16.3 Å². The minimum absolute atomic E-state index is 0.142. The summed E-state index contributed by atoms with van der Waals surface area (Å²) in [5.74, 6) is -1.44. The summed E-state index contributed by atoms with van der Waals surface area (Å²) in [6, 6.07) is 18.9. The zero-order valence-corrected chi connectivity index (χ0v) is 21.6. The van der Waals surface area contributed by atoms with Gasteiger partial charge in [0.2, 0.25) is 5.60 Å². The van der Waals surface area contributed by atoms with Crippen LogP contribution in [0.4, 0.5) is 0 Å². The van der Waals surface area contributed by atoms with Crippen molar-refractivity contribution in [2.75, 3.05) is 6.54 Å². The molecule has 1 aliphatic rings. The Morgan fingerprint density at radius 3 is 2.55 bits per heavy atom. The number of aromatic nitrogens is 1. The van der Waals surface area contributed by atoms with Gasteiger partial charge in [0.15, 0.2) is 0 Å². The van der Waals surface area contributed by atoms with Gasteiger partial charge in [-0.3, -0.25) is 14.6 Å². The molecule has 2 heterocycles. The summed E-state index contributed by atoms with van der Waals surface area (Å²) in [7, 11) is -1.70. The number of pyridine rings is 1. The Balaban J connectivity index is 1.42. The molecule has 0 radical (unpaired) electrons. The first-order chi connectivity index (χ1) is 18.3. The van der Waals surface area contributed by atoms with E-state index in [1.807, 2.05) is 74.5 Å². The Bertz CT molecular complexity index is 1300. The normalized spacial score (nSPS) is 17.6. The smallest absolute Gasteiger partial charge is 0.426 e. The van der Waals surface area contributed by atoms with Gasteiger partial charge in [0.05, 0.1) is 11.7 Å². The number of benzene rings is 2. The lowest BCUT2D eigenvalue weighted by atomic mass is 9.74. The van der Waals surface area contributed by atoms with E-state index in [1.165, 1.54) is 0 Å². The van der Waals surface area contributed by atoms with Crippen LogP contribution in [0, 0.1) is 5.92 Å². The fourth-order valence-electron chi connectivity index (χ4n) is 4.67. The Labute approximate surface area is 222 Å². The third-order valence-electron chi connectivity index (χ3n) is 6.57. The highest BCUT2D eigenvalue weighted by molar-refractivity contribution is 6.43. The average molecular weight is 516 g/mol. The maximum Gasteiger partial charge on any atom is 0.475 e. The van der Waals surface area contributed by atoms with Gasteiger partial charge in [-0.05, 0) is 29.4 Å². The number of fused-ring (bicyclic) bond motifs is 1. The molecule has 10 heteroatoms. The van der Waals surface area contributed by atoms with Gasteiger partial charge in [0, 0.05) is 37.4 Å². The predicted molar refractivity (Wildman–Crippen MR) is 146 cm³/mol. The second-order valence-electron chi connectivity index (χ2n) is 10.1. The Kier molecular flexibility index (Phi) is 8.75. The SMILES string of the molecule is CC(C)CC(NC(=O)C1(Cc2ccccc2)CC(CCNC(=O)c2nccc3ccccc23)=NO1)B(O)O. The molecular weight excluding hydrogens is 483 g/mol. The van der Waals surface area contributed by atoms with Crippen molar-refractivity contribution in [2.24, 2.45) is 11.1 Å². The summed E-state index contributed by atoms with van der Waals surface area (Å²) in [6.07, 6.45) is 2.87. The molecule has 1 aliphatic heterocycles. The van der Waals surface area contributed by atoms with Crippen LogP contribution in [0.2, 0.25) is 0 Å². The standard InChI is InChI=1S/C28H33BN4O5/c1-19(2)16-24(29(36)37)32-27(35)28(17-20-8-4-3-5-9-20)18-22(33-38-28)13-15-31-26(34)25-23-11-7-6-10-21(23)12-14-30-25/h3-12,14,19,24,36-37H,13,15-18H2,1-2H3,(H,31,34)(H,32,35). The van der Waals surface area contributed by atoms with E-state index in [9.17, 15) is 19.6 Å². The summed E-state index contributed by atoms with van der Waals surface area (Å²) >= 11 is 0. The molecule has 0 fully saturated rings. The molecule has 38 heavy (non-hydrogen) atoms. The molecule has 2 unspecified atom stereocenters. The lowest BCUT2D eigenvalue weighted by Crippen LogP contribution is -2.56. The van der Waals surface area contributed by atoms with Crippen molar-refractivity contribution in [3.63, 3.8) is 0 Å². The average Bonchev–Trinajstić information content (AvgIpc) is 3.32. The van der Waals surface area contributed by atoms with Crippen LogP contribution < -0.4 is 10.6 Å². The van der Waals surface area contributed by atoms with Crippen molar-refractivity contribution < 1.29 is 24.5 Å². The van der Waals surface area contributed by atoms with E-state index in [1.54, 1.807) is 6.20 Å². The van der Waals surface area contributed by atoms with Gasteiger partial charge in [-0.2, -0.15) is 0 Å². The molecule has 4 N–H and O–H groups in total. The van der Waals surface area contributed by atoms with Crippen LogP contribution in [0.1, 0.15) is 49.2 Å². The number of rotatable bonds is 11. The van der Waals surface area contributed by atoms with Crippen LogP contribution in [-0.4, -0.2) is 57.8 Å². The number of oxime groups is 1. The highest BCUT2D eigenvalue weighted by Crippen LogP contribution is 2.30. The van der Waals surface area contributed by atoms with E-state index < -0.39 is 24.6 Å². The van der Waals surface area contributed by atoms with E-state index >= 15 is 0 Å². The third kappa shape index (κ3) is 6.57. The van der Waals surface area contributed by atoms with Crippen LogP contribution in [-0.2, 0) is 16.1 Å². The topological polar surface area (TPSA) is 133 Å². The number of hydrogen-bond donors (Lipinski definition) is 4. The third-order valence-corrected chi connectivity index (χ3v) is 6.57. The fourth-order valence-corrected chi connectivity index (χ4v) is 4.67. The maximum absolute atomic E-state index is 13.5. The predicted octanol–water partition coefficient (Wildman–Crippen LogP) is 2.66. The van der Waals surface area contributed by atoms with Gasteiger partial charge < -0.3 is 25.5 Å². The van der Waals surface area contributed by atoms with Gasteiger partial charge in [0.1, 0.15) is 5.69 Å². The lowest BCUT2D eigenvalue weighted by molar-refractivity contribution is -0.144. The molecule has 0 saturated carbocycles. The lowest BCUT2D eigenvalue weighted by Gasteiger charge is -2.29. The molecule has 0 spiro atoms. The molecule has 3 aromatic rings. The summed E-state index contributed by atoms with van der Waals surface area (Å²) in [5.41, 5.74) is 0.540. The zero-order chi connectivity index (χ0) is 27.1. The summed E-state index contributed by atoms with van der Waals surface area (Å²) < 4.78 is 0. The Morgan fingerprint density at radius 1 is 1.08 bits per heavy atom. The first kappa shape index (κ1) is 27.3. The van der Waals surface area contributed by atoms with Crippen molar-refractivity contribution in [3.05, 3.63) is 78.1 Å². The number of carbonyl (C=O) groups excluding carboxylic acids is 2. The van der Waals surface area contributed by atoms with Crippen LogP contribution in [0.25, 0.3) is 10.8 Å². The maximum atomic E-state index is 13.5. The first-order valence-corrected chi connectivity index (χ1v) is 12.8. The molecule has 0 aliphatic carbocycles. The zero-order valence-electron chi connectivity index (χ0n) is 21.6. The molecule has 198 valence electrons. The second-order valence-corrected chi connectivity index (χ2v) is 10.1. The highest BCUT2D eigenvalue weighted by Gasteiger charge is 2.47. The molecule has 2 aromatic carbocycles. The van der Waals surface area contributed by atoms with Gasteiger partial charge in [-0.25, -0.2) is 0 Å². The summed E-state index contributed by atoms with van der Waals surface area (Å²) in [6.45, 7) is 4.17. The van der Waals surface area contributed by atoms with Crippen LogP contribution in [0.5, 0.6) is 0 Å². The van der Waals surface area contributed by atoms with Crippen molar-refractivity contribution in [1.29, 1.82) is 0 Å². The number of carbonyl (C=O) groups is 2. The van der Waals surface area contributed by atoms with Gasteiger partial charge in [-0.1, -0.05) is 73.6 Å². The Hall–Kier alpha value is -3.76. The number of amides is 2. The molecule has 0 bridgehead atoms. The van der Waals surface area contributed by atoms with E-state index in [-0.39, 0.29) is 24.7 Å². The van der Waals surface area contributed by atoms with E-state index in [4.69, 9.17) is 4.84 Å². The van der Waals surface area contributed by atoms with Crippen molar-refractivity contribution in [1.82, 2.24) is 15.6 Å². The Morgan fingerprint density at radius 2 is 1.82 bits per heavy atom. The van der Waals surface area contributed by atoms with Crippen molar-refractivity contribution in [2.45, 2.75) is 51.1 Å². The van der Waals surface area contributed by atoms with Gasteiger partial charge in [-0.15, -0.1) is 0 Å². The molecule has 2 amide bonds. The molecule has 9 nitrogen and oxygen atoms in total. The molecule has 4 rings (SSSR count). The minimum Gasteiger partial charge on any atom is -0.426 e. The minimum atomic E-state index is -1.70. The van der Waals surface area contributed by atoms with Gasteiger partial charge in [0.25, 0.3) is 11.8 Å². The largest absolute Gasteiger partial charge is 0.475 e. The molecule has 0 saturated heterocycles. The molecular formula is C28H33BN4O5. The monoisotopic (exact) mass is 516 g/mol.